The van der Waals surface area contributed by atoms with Crippen molar-refractivity contribution >= 4 is 34.8 Å². The highest BCUT2D eigenvalue weighted by molar-refractivity contribution is 6.32. The molecule has 0 aromatic heterocycles. The van der Waals surface area contributed by atoms with Crippen molar-refractivity contribution in [2.75, 3.05) is 6.54 Å². The summed E-state index contributed by atoms with van der Waals surface area (Å²) in [6.07, 6.45) is 0.853. The summed E-state index contributed by atoms with van der Waals surface area (Å²) < 4.78 is 0. The van der Waals surface area contributed by atoms with Crippen LogP contribution in [-0.2, 0) is 27.3 Å². The van der Waals surface area contributed by atoms with Crippen LogP contribution in [0.5, 0.6) is 5.75 Å². The molecule has 0 radical (unpaired) electrons. The molecule has 3 aliphatic rings. The van der Waals surface area contributed by atoms with Gasteiger partial charge in [0.15, 0.2) is 11.4 Å². The topological polar surface area (TPSA) is 170 Å². The van der Waals surface area contributed by atoms with Crippen LogP contribution >= 0.6 is 11.6 Å². The van der Waals surface area contributed by atoms with E-state index in [0.717, 1.165) is 13.0 Å². The van der Waals surface area contributed by atoms with Gasteiger partial charge in [0.2, 0.25) is 5.78 Å². The number of phenolic OH excluding ortho intramolecular Hbond substituents is 1. The number of carbonyl (C=O) groups excluding carboxylic acids is 3. The fraction of sp³-hybridized carbons (Fsp3) is 0.480. The number of nitrogens with one attached hydrogen (secondary N) is 1. The van der Waals surface area contributed by atoms with E-state index in [1.165, 1.54) is 6.07 Å². The van der Waals surface area contributed by atoms with Crippen molar-refractivity contribution in [3.63, 3.8) is 0 Å². The lowest BCUT2D eigenvalue weighted by Gasteiger charge is -2.46. The summed E-state index contributed by atoms with van der Waals surface area (Å²) in [4.78, 5) is 37.6. The highest BCUT2D eigenvalue weighted by Crippen LogP contribution is 2.53. The number of nitrogens with two attached hydrogens (primary N) is 1. The third-order valence-electron chi connectivity index (χ3n) is 7.29. The number of ketones is 2. The van der Waals surface area contributed by atoms with Crippen LogP contribution in [0.25, 0.3) is 5.76 Å². The summed E-state index contributed by atoms with van der Waals surface area (Å²) in [6, 6.07) is 1.42. The molecule has 1 unspecified atom stereocenters. The largest absolute Gasteiger partial charge is 0.508 e. The first-order valence-corrected chi connectivity index (χ1v) is 12.0. The number of amides is 1. The number of benzene rings is 1. The number of hydrogen-bond donors (Lipinski definition) is 6. The number of carbonyl (C=O) groups is 3. The third kappa shape index (κ3) is 3.91. The van der Waals surface area contributed by atoms with Gasteiger partial charge in [-0.2, -0.15) is 0 Å². The van der Waals surface area contributed by atoms with Gasteiger partial charge in [-0.3, -0.25) is 14.4 Å². The summed E-state index contributed by atoms with van der Waals surface area (Å²) in [5.41, 5.74) is 2.72. The van der Waals surface area contributed by atoms with Crippen molar-refractivity contribution in [2.24, 2.45) is 23.5 Å². The molecule has 10 heteroatoms. The molecule has 1 aromatic carbocycles. The van der Waals surface area contributed by atoms with Crippen LogP contribution in [-0.4, -0.2) is 50.0 Å². The Hall–Kier alpha value is -2.88. The molecule has 0 bridgehead atoms. The zero-order valence-electron chi connectivity index (χ0n) is 19.5. The highest BCUT2D eigenvalue weighted by Gasteiger charge is 2.60. The Balaban J connectivity index is 1.76. The van der Waals surface area contributed by atoms with E-state index in [1.54, 1.807) is 0 Å². The highest BCUT2D eigenvalue weighted by atomic mass is 35.5. The average Bonchev–Trinajstić information content (AvgIpc) is 2.76. The van der Waals surface area contributed by atoms with Crippen molar-refractivity contribution in [1.82, 2.24) is 5.32 Å². The predicted octanol–water partition coefficient (Wildman–Crippen LogP) is 2.21. The molecule has 7 N–H and O–H groups in total. The van der Waals surface area contributed by atoms with E-state index in [2.05, 4.69) is 19.2 Å². The maximum absolute atomic E-state index is 13.5. The van der Waals surface area contributed by atoms with Crippen molar-refractivity contribution in [3.8, 4) is 5.75 Å². The second-order valence-corrected chi connectivity index (χ2v) is 10.4. The molecule has 1 amide bonds. The minimum absolute atomic E-state index is 0.00643. The van der Waals surface area contributed by atoms with Crippen LogP contribution in [0.15, 0.2) is 23.0 Å². The molecule has 35 heavy (non-hydrogen) atoms. The van der Waals surface area contributed by atoms with Gasteiger partial charge in [0.05, 0.1) is 5.56 Å². The van der Waals surface area contributed by atoms with Crippen LogP contribution in [0.4, 0.5) is 0 Å². The monoisotopic (exact) mass is 504 g/mol. The molecule has 4 rings (SSSR count). The van der Waals surface area contributed by atoms with E-state index in [1.807, 2.05) is 0 Å². The van der Waals surface area contributed by atoms with Crippen LogP contribution in [0.3, 0.4) is 0 Å². The van der Waals surface area contributed by atoms with Gasteiger partial charge in [0.1, 0.15) is 22.8 Å². The molecule has 3 atom stereocenters. The van der Waals surface area contributed by atoms with E-state index < -0.39 is 52.0 Å². The Labute approximate surface area is 207 Å². The van der Waals surface area contributed by atoms with E-state index >= 15 is 0 Å². The van der Waals surface area contributed by atoms with Gasteiger partial charge in [-0.25, -0.2) is 0 Å². The SMILES string of the molecule is CC(C)CCNCc1cc(O)c2c(c1Cl)CC1C[C@H]3CC(=O)C(C(N)=O)=C(O)[C@@]3(O)C(=O)C1=C2O. The van der Waals surface area contributed by atoms with Crippen LogP contribution < -0.4 is 11.1 Å². The van der Waals surface area contributed by atoms with Crippen molar-refractivity contribution in [1.29, 1.82) is 0 Å². The molecule has 1 aromatic rings. The summed E-state index contributed by atoms with van der Waals surface area (Å²) in [5, 5.41) is 47.3. The summed E-state index contributed by atoms with van der Waals surface area (Å²) in [5.74, 6) is -6.04. The molecule has 0 spiro atoms. The molecule has 3 aliphatic carbocycles. The number of phenols is 1. The summed E-state index contributed by atoms with van der Waals surface area (Å²) >= 11 is 6.67. The van der Waals surface area contributed by atoms with Crippen LogP contribution in [0, 0.1) is 17.8 Å². The van der Waals surface area contributed by atoms with Gasteiger partial charge in [-0.15, -0.1) is 0 Å². The number of primary amides is 1. The maximum Gasteiger partial charge on any atom is 0.255 e. The molecular formula is C25H29ClN2O7. The van der Waals surface area contributed by atoms with E-state index in [0.29, 0.717) is 28.6 Å². The third-order valence-corrected chi connectivity index (χ3v) is 7.76. The molecular weight excluding hydrogens is 476 g/mol. The number of aliphatic hydroxyl groups excluding tert-OH is 2. The van der Waals surface area contributed by atoms with E-state index in [4.69, 9.17) is 17.3 Å². The first-order valence-electron chi connectivity index (χ1n) is 11.6. The Morgan fingerprint density at radius 1 is 1.26 bits per heavy atom. The Kier molecular flexibility index (Phi) is 6.46. The van der Waals surface area contributed by atoms with Crippen molar-refractivity contribution < 1.29 is 34.8 Å². The standard InChI is InChI=1S/C25H29ClN2O7/c1-10(2)3-4-28-9-12-7-15(29)18-14(20(12)26)6-11-5-13-8-16(30)19(24(27)34)23(33)25(13,35)22(32)17(11)21(18)31/h7,10-11,13,28-29,31,33,35H,3-6,8-9H2,1-2H3,(H2,27,34)/t11?,13-,25-/m0/s1. The summed E-state index contributed by atoms with van der Waals surface area (Å²) in [7, 11) is 0. The minimum atomic E-state index is -2.57. The zero-order chi connectivity index (χ0) is 25.8. The molecule has 0 saturated heterocycles. The van der Waals surface area contributed by atoms with Gasteiger partial charge >= 0.3 is 0 Å². The normalized spacial score (nSPS) is 26.1. The Morgan fingerprint density at radius 2 is 1.94 bits per heavy atom. The minimum Gasteiger partial charge on any atom is -0.508 e. The zero-order valence-corrected chi connectivity index (χ0v) is 20.3. The second kappa shape index (κ2) is 8.96. The quantitative estimate of drug-likeness (QED) is 0.253. The van der Waals surface area contributed by atoms with Crippen LogP contribution in [0.1, 0.15) is 49.8 Å². The van der Waals surface area contributed by atoms with Crippen LogP contribution in [0.2, 0.25) is 5.02 Å². The second-order valence-electron chi connectivity index (χ2n) is 9.99. The predicted molar refractivity (Wildman–Crippen MR) is 128 cm³/mol. The first kappa shape index (κ1) is 25.2. The van der Waals surface area contributed by atoms with Gasteiger partial charge in [0.25, 0.3) is 5.91 Å². The number of fused-ring (bicyclic) bond motifs is 3. The number of halogens is 1. The molecule has 9 nitrogen and oxygen atoms in total. The number of rotatable bonds is 6. The lowest BCUT2D eigenvalue weighted by Crippen LogP contribution is -2.58. The smallest absolute Gasteiger partial charge is 0.255 e. The molecule has 188 valence electrons. The van der Waals surface area contributed by atoms with E-state index in [-0.39, 0.29) is 36.1 Å². The van der Waals surface area contributed by atoms with Gasteiger partial charge < -0.3 is 31.5 Å². The number of aromatic hydroxyl groups is 1. The summed E-state index contributed by atoms with van der Waals surface area (Å²) in [6.45, 7) is 5.39. The fourth-order valence-electron chi connectivity index (χ4n) is 5.47. The number of aliphatic hydroxyl groups is 3. The van der Waals surface area contributed by atoms with Crippen molar-refractivity contribution in [2.45, 2.75) is 51.7 Å². The van der Waals surface area contributed by atoms with Gasteiger partial charge in [-0.05, 0) is 54.8 Å². The molecule has 1 fully saturated rings. The molecule has 1 saturated carbocycles. The number of Topliss-reactive ketones (excluding diaryl/α,β-unsaturated/α-hetero) is 2. The Bertz CT molecular complexity index is 1200. The lowest BCUT2D eigenvalue weighted by atomic mass is 9.59. The first-order chi connectivity index (χ1) is 16.4. The average molecular weight is 505 g/mol. The molecule has 0 heterocycles. The fourth-order valence-corrected chi connectivity index (χ4v) is 5.76. The van der Waals surface area contributed by atoms with Crippen molar-refractivity contribution in [3.05, 3.63) is 44.7 Å². The van der Waals surface area contributed by atoms with Gasteiger partial charge in [0, 0.05) is 29.5 Å². The molecule has 0 aliphatic heterocycles. The van der Waals surface area contributed by atoms with E-state index in [9.17, 15) is 34.8 Å². The Morgan fingerprint density at radius 3 is 2.57 bits per heavy atom. The maximum atomic E-state index is 13.5. The lowest BCUT2D eigenvalue weighted by molar-refractivity contribution is -0.147. The van der Waals surface area contributed by atoms with Gasteiger partial charge in [-0.1, -0.05) is 25.4 Å². The number of hydrogen-bond acceptors (Lipinski definition) is 8.